The Morgan fingerprint density at radius 1 is 0.793 bits per heavy atom. The summed E-state index contributed by atoms with van der Waals surface area (Å²) in [7, 11) is 0. The molecule has 148 valence electrons. The zero-order valence-corrected chi connectivity index (χ0v) is 16.0. The highest BCUT2D eigenvalue weighted by molar-refractivity contribution is 5.79. The lowest BCUT2D eigenvalue weighted by Crippen LogP contribution is -2.41. The van der Waals surface area contributed by atoms with Gasteiger partial charge in [0.1, 0.15) is 12.6 Å². The summed E-state index contributed by atoms with van der Waals surface area (Å²) in [5.74, 6) is -1.08. The average Bonchev–Trinajstić information content (AvgIpc) is 2.76. The molecule has 3 aromatic rings. The van der Waals surface area contributed by atoms with Crippen LogP contribution in [-0.4, -0.2) is 23.2 Å². The fourth-order valence-corrected chi connectivity index (χ4v) is 2.97. The first kappa shape index (κ1) is 20.1. The molecule has 1 unspecified atom stereocenters. The SMILES string of the molecule is O=C(NC(CCc1ccccc1)C(=O)O)OCc1ccc(-c2ccccc2)cc1. The number of aliphatic carboxylic acids is 1. The molecule has 0 fully saturated rings. The van der Waals surface area contributed by atoms with E-state index in [1.165, 1.54) is 0 Å². The Kier molecular flexibility index (Phi) is 7.00. The standard InChI is InChI=1S/C24H23NO4/c26-23(27)22(16-13-18-7-3-1-4-8-18)25-24(28)29-17-19-11-14-21(15-12-19)20-9-5-2-6-10-20/h1-12,14-15,22H,13,16-17H2,(H,25,28)(H,26,27). The van der Waals surface area contributed by atoms with Crippen molar-refractivity contribution in [1.29, 1.82) is 0 Å². The Bertz CT molecular complexity index is 924. The second kappa shape index (κ2) is 10.1. The molecule has 0 aliphatic carbocycles. The molecule has 0 heterocycles. The van der Waals surface area contributed by atoms with Gasteiger partial charge >= 0.3 is 12.1 Å². The van der Waals surface area contributed by atoms with E-state index in [4.69, 9.17) is 4.74 Å². The molecular formula is C24H23NO4. The van der Waals surface area contributed by atoms with Gasteiger partial charge in [-0.1, -0.05) is 84.9 Å². The number of carbonyl (C=O) groups excluding carboxylic acids is 1. The van der Waals surface area contributed by atoms with Crippen molar-refractivity contribution in [2.24, 2.45) is 0 Å². The van der Waals surface area contributed by atoms with Crippen molar-refractivity contribution in [3.05, 3.63) is 96.1 Å². The second-order valence-corrected chi connectivity index (χ2v) is 6.70. The normalized spacial score (nSPS) is 11.4. The molecule has 0 aromatic heterocycles. The Labute approximate surface area is 170 Å². The smallest absolute Gasteiger partial charge is 0.408 e. The third kappa shape index (κ3) is 6.21. The van der Waals surface area contributed by atoms with Gasteiger partial charge in [0.2, 0.25) is 0 Å². The van der Waals surface area contributed by atoms with E-state index in [0.29, 0.717) is 12.8 Å². The molecule has 1 amide bonds. The molecule has 1 atom stereocenters. The molecule has 0 bridgehead atoms. The number of nitrogens with one attached hydrogen (secondary N) is 1. The summed E-state index contributed by atoms with van der Waals surface area (Å²) in [6.45, 7) is 0.0753. The zero-order chi connectivity index (χ0) is 20.5. The number of rotatable bonds is 8. The van der Waals surface area contributed by atoms with Crippen LogP contribution in [0.1, 0.15) is 17.5 Å². The van der Waals surface area contributed by atoms with Crippen LogP contribution < -0.4 is 5.32 Å². The van der Waals surface area contributed by atoms with Gasteiger partial charge in [-0.25, -0.2) is 9.59 Å². The largest absolute Gasteiger partial charge is 0.480 e. The number of alkyl carbamates (subject to hydrolysis) is 1. The third-order valence-electron chi connectivity index (χ3n) is 4.59. The number of hydrogen-bond donors (Lipinski definition) is 2. The average molecular weight is 389 g/mol. The third-order valence-corrected chi connectivity index (χ3v) is 4.59. The molecular weight excluding hydrogens is 366 g/mol. The van der Waals surface area contributed by atoms with E-state index >= 15 is 0 Å². The van der Waals surface area contributed by atoms with Crippen molar-refractivity contribution in [3.63, 3.8) is 0 Å². The molecule has 0 aliphatic rings. The van der Waals surface area contributed by atoms with Crippen LogP contribution in [0.15, 0.2) is 84.9 Å². The number of amides is 1. The predicted molar refractivity (Wildman–Crippen MR) is 111 cm³/mol. The van der Waals surface area contributed by atoms with Gasteiger partial charge in [0.15, 0.2) is 0 Å². The highest BCUT2D eigenvalue weighted by Crippen LogP contribution is 2.19. The van der Waals surface area contributed by atoms with Crippen molar-refractivity contribution in [2.75, 3.05) is 0 Å². The van der Waals surface area contributed by atoms with E-state index in [1.54, 1.807) is 0 Å². The van der Waals surface area contributed by atoms with Crippen LogP contribution in [-0.2, 0) is 22.6 Å². The number of carbonyl (C=O) groups is 2. The lowest BCUT2D eigenvalue weighted by Gasteiger charge is -2.14. The topological polar surface area (TPSA) is 75.6 Å². The van der Waals surface area contributed by atoms with E-state index in [2.05, 4.69) is 5.32 Å². The van der Waals surface area contributed by atoms with Crippen molar-refractivity contribution >= 4 is 12.1 Å². The molecule has 3 aromatic carbocycles. The summed E-state index contributed by atoms with van der Waals surface area (Å²) in [5.41, 5.74) is 4.04. The Morgan fingerprint density at radius 2 is 1.38 bits per heavy atom. The summed E-state index contributed by atoms with van der Waals surface area (Å²) < 4.78 is 5.19. The molecule has 0 saturated heterocycles. The van der Waals surface area contributed by atoms with Crippen LogP contribution in [0.3, 0.4) is 0 Å². The fourth-order valence-electron chi connectivity index (χ4n) is 2.97. The summed E-state index contributed by atoms with van der Waals surface area (Å²) in [5, 5.41) is 11.8. The van der Waals surface area contributed by atoms with Crippen LogP contribution in [0.2, 0.25) is 0 Å². The molecule has 5 heteroatoms. The minimum absolute atomic E-state index is 0.0753. The van der Waals surface area contributed by atoms with Gasteiger partial charge < -0.3 is 15.2 Å². The first-order valence-electron chi connectivity index (χ1n) is 9.46. The highest BCUT2D eigenvalue weighted by atomic mass is 16.5. The number of carboxylic acid groups (broad SMARTS) is 1. The summed E-state index contributed by atoms with van der Waals surface area (Å²) in [6, 6.07) is 26.2. The summed E-state index contributed by atoms with van der Waals surface area (Å²) >= 11 is 0. The van der Waals surface area contributed by atoms with E-state index in [-0.39, 0.29) is 6.61 Å². The fraction of sp³-hybridized carbons (Fsp3) is 0.167. The lowest BCUT2D eigenvalue weighted by atomic mass is 10.0. The van der Waals surface area contributed by atoms with Crippen LogP contribution in [0, 0.1) is 0 Å². The Balaban J connectivity index is 1.49. The first-order chi connectivity index (χ1) is 14.1. The zero-order valence-electron chi connectivity index (χ0n) is 16.0. The second-order valence-electron chi connectivity index (χ2n) is 6.70. The molecule has 0 aliphatic heterocycles. The quantitative estimate of drug-likeness (QED) is 0.587. The van der Waals surface area contributed by atoms with Crippen molar-refractivity contribution in [3.8, 4) is 11.1 Å². The van der Waals surface area contributed by atoms with Gasteiger partial charge in [-0.05, 0) is 35.1 Å². The number of benzene rings is 3. The van der Waals surface area contributed by atoms with Crippen molar-refractivity contribution < 1.29 is 19.4 Å². The maximum Gasteiger partial charge on any atom is 0.408 e. The monoisotopic (exact) mass is 389 g/mol. The first-order valence-corrected chi connectivity index (χ1v) is 9.46. The van der Waals surface area contributed by atoms with E-state index in [1.807, 2.05) is 84.9 Å². The predicted octanol–water partition coefficient (Wildman–Crippen LogP) is 4.67. The molecule has 5 nitrogen and oxygen atoms in total. The van der Waals surface area contributed by atoms with E-state index < -0.39 is 18.1 Å². The Morgan fingerprint density at radius 3 is 2.00 bits per heavy atom. The maximum absolute atomic E-state index is 12.0. The molecule has 2 N–H and O–H groups in total. The van der Waals surface area contributed by atoms with Crippen molar-refractivity contribution in [2.45, 2.75) is 25.5 Å². The van der Waals surface area contributed by atoms with Crippen molar-refractivity contribution in [1.82, 2.24) is 5.32 Å². The number of ether oxygens (including phenoxy) is 1. The number of carboxylic acids is 1. The van der Waals surface area contributed by atoms with Crippen LogP contribution in [0.4, 0.5) is 4.79 Å². The molecule has 0 radical (unpaired) electrons. The minimum atomic E-state index is -1.08. The molecule has 29 heavy (non-hydrogen) atoms. The van der Waals surface area contributed by atoms with Gasteiger partial charge in [0.05, 0.1) is 0 Å². The van der Waals surface area contributed by atoms with Crippen LogP contribution in [0.25, 0.3) is 11.1 Å². The van der Waals surface area contributed by atoms with Gasteiger partial charge in [-0.15, -0.1) is 0 Å². The van der Waals surface area contributed by atoms with Gasteiger partial charge in [0, 0.05) is 0 Å². The molecule has 3 rings (SSSR count). The van der Waals surface area contributed by atoms with Gasteiger partial charge in [-0.3, -0.25) is 0 Å². The van der Waals surface area contributed by atoms with Gasteiger partial charge in [0.25, 0.3) is 0 Å². The number of aryl methyl sites for hydroxylation is 1. The lowest BCUT2D eigenvalue weighted by molar-refractivity contribution is -0.139. The van der Waals surface area contributed by atoms with Gasteiger partial charge in [-0.2, -0.15) is 0 Å². The van der Waals surface area contributed by atoms with E-state index in [9.17, 15) is 14.7 Å². The number of hydrogen-bond acceptors (Lipinski definition) is 3. The summed E-state index contributed by atoms with van der Waals surface area (Å²) in [4.78, 5) is 23.5. The van der Waals surface area contributed by atoms with E-state index in [0.717, 1.165) is 22.3 Å². The minimum Gasteiger partial charge on any atom is -0.480 e. The maximum atomic E-state index is 12.0. The molecule has 0 spiro atoms. The van der Waals surface area contributed by atoms with Crippen LogP contribution in [0.5, 0.6) is 0 Å². The Hall–Kier alpha value is -3.60. The molecule has 0 saturated carbocycles. The highest BCUT2D eigenvalue weighted by Gasteiger charge is 2.20. The van der Waals surface area contributed by atoms with Crippen LogP contribution >= 0.6 is 0 Å². The summed E-state index contributed by atoms with van der Waals surface area (Å²) in [6.07, 6.45) is 0.108.